The van der Waals surface area contributed by atoms with E-state index in [0.29, 0.717) is 0 Å². The molecule has 7 nitrogen and oxygen atoms in total. The summed E-state index contributed by atoms with van der Waals surface area (Å²) in [4.78, 5) is 20.8. The summed E-state index contributed by atoms with van der Waals surface area (Å²) in [5.74, 6) is -3.25. The largest absolute Gasteiger partial charge is 0.480 e. The Kier molecular flexibility index (Phi) is 5.90. The summed E-state index contributed by atoms with van der Waals surface area (Å²) in [6.45, 7) is -1.38. The first-order chi connectivity index (χ1) is 9.65. The predicted molar refractivity (Wildman–Crippen MR) is 72.3 cm³/mol. The fourth-order valence-corrected chi connectivity index (χ4v) is 2.92. The molecule has 1 aromatic rings. The van der Waals surface area contributed by atoms with E-state index in [4.69, 9.17) is 28.3 Å². The van der Waals surface area contributed by atoms with E-state index in [2.05, 4.69) is 0 Å². The maximum atomic E-state index is 13.4. The lowest BCUT2D eigenvalue weighted by molar-refractivity contribution is -0.137. The van der Waals surface area contributed by atoms with Gasteiger partial charge in [-0.2, -0.15) is 0 Å². The van der Waals surface area contributed by atoms with Crippen LogP contribution in [0, 0.1) is 5.82 Å². The number of carboxylic acids is 1. The van der Waals surface area contributed by atoms with E-state index in [0.717, 1.165) is 12.1 Å². The van der Waals surface area contributed by atoms with Gasteiger partial charge in [-0.15, -0.1) is 0 Å². The number of benzene rings is 1. The number of aliphatic carboxylic acids is 1. The Bertz CT molecular complexity index is 680. The fourth-order valence-electron chi connectivity index (χ4n) is 1.19. The minimum Gasteiger partial charge on any atom is -0.480 e. The molecule has 1 aromatic carbocycles. The van der Waals surface area contributed by atoms with Crippen LogP contribution in [0.3, 0.4) is 0 Å². The summed E-state index contributed by atoms with van der Waals surface area (Å²) in [6, 6.07) is 1.98. The van der Waals surface area contributed by atoms with Gasteiger partial charge >= 0.3 is 5.97 Å². The zero-order valence-corrected chi connectivity index (χ0v) is 12.5. The van der Waals surface area contributed by atoms with Gasteiger partial charge < -0.3 is 10.4 Å². The molecule has 0 aromatic heterocycles. The molecule has 1 amide bonds. The van der Waals surface area contributed by atoms with Crippen LogP contribution in [-0.4, -0.2) is 38.5 Å². The Morgan fingerprint density at radius 1 is 1.24 bits per heavy atom. The lowest BCUT2D eigenvalue weighted by Gasteiger charge is -2.09. The van der Waals surface area contributed by atoms with Gasteiger partial charge in [-0.25, -0.2) is 17.5 Å². The number of carbonyl (C=O) groups is 2. The molecule has 0 fully saturated rings. The van der Waals surface area contributed by atoms with E-state index in [-0.39, 0.29) is 5.02 Å². The van der Waals surface area contributed by atoms with Crippen molar-refractivity contribution in [3.8, 4) is 0 Å². The zero-order chi connectivity index (χ0) is 16.2. The van der Waals surface area contributed by atoms with Crippen LogP contribution in [0.15, 0.2) is 17.0 Å². The van der Waals surface area contributed by atoms with Crippen molar-refractivity contribution < 1.29 is 27.5 Å². The highest BCUT2D eigenvalue weighted by Gasteiger charge is 2.22. The molecule has 21 heavy (non-hydrogen) atoms. The number of hydrogen-bond acceptors (Lipinski definition) is 4. The summed E-state index contributed by atoms with van der Waals surface area (Å²) in [7, 11) is -4.25. The number of sulfonamides is 1. The molecule has 0 saturated carbocycles. The molecule has 0 atom stereocenters. The van der Waals surface area contributed by atoms with Gasteiger partial charge in [0.1, 0.15) is 11.4 Å². The van der Waals surface area contributed by atoms with Gasteiger partial charge in [-0.3, -0.25) is 9.59 Å². The molecular formula is C10H9Cl2FN2O5S. The van der Waals surface area contributed by atoms with Gasteiger partial charge in [0.2, 0.25) is 15.9 Å². The molecule has 11 heteroatoms. The summed E-state index contributed by atoms with van der Waals surface area (Å²) in [6.07, 6.45) is 0. The minimum atomic E-state index is -4.25. The SMILES string of the molecule is O=C(O)CNC(=O)CNS(=O)(=O)c1ccc(Cl)c(F)c1Cl. The molecule has 0 heterocycles. The fraction of sp³-hybridized carbons (Fsp3) is 0.200. The maximum Gasteiger partial charge on any atom is 0.322 e. The van der Waals surface area contributed by atoms with Crippen LogP contribution in [0.4, 0.5) is 4.39 Å². The molecule has 0 spiro atoms. The third-order valence-corrected chi connectivity index (χ3v) is 4.37. The van der Waals surface area contributed by atoms with Crippen LogP contribution in [0.1, 0.15) is 0 Å². The first-order valence-electron chi connectivity index (χ1n) is 5.27. The van der Waals surface area contributed by atoms with Gasteiger partial charge in [-0.05, 0) is 12.1 Å². The van der Waals surface area contributed by atoms with E-state index in [1.165, 1.54) is 0 Å². The third kappa shape index (κ3) is 4.81. The van der Waals surface area contributed by atoms with Crippen molar-refractivity contribution in [1.29, 1.82) is 0 Å². The molecule has 0 bridgehead atoms. The number of amides is 1. The number of rotatable bonds is 6. The Morgan fingerprint density at radius 2 is 1.86 bits per heavy atom. The standard InChI is InChI=1S/C10H9Cl2FN2O5S/c11-5-1-2-6(9(12)10(5)13)21(19,20)15-3-7(16)14-4-8(17)18/h1-2,15H,3-4H2,(H,14,16)(H,17,18). The van der Waals surface area contributed by atoms with Crippen LogP contribution >= 0.6 is 23.2 Å². The summed E-state index contributed by atoms with van der Waals surface area (Å²) < 4.78 is 39.0. The number of carboxylic acid groups (broad SMARTS) is 1. The van der Waals surface area contributed by atoms with Crippen molar-refractivity contribution in [2.45, 2.75) is 4.90 Å². The quantitative estimate of drug-likeness (QED) is 0.645. The molecule has 3 N–H and O–H groups in total. The first-order valence-corrected chi connectivity index (χ1v) is 7.50. The molecule has 0 unspecified atom stereocenters. The molecular weight excluding hydrogens is 350 g/mol. The Morgan fingerprint density at radius 3 is 2.43 bits per heavy atom. The van der Waals surface area contributed by atoms with Crippen molar-refractivity contribution in [2.75, 3.05) is 13.1 Å². The van der Waals surface area contributed by atoms with E-state index in [1.807, 2.05) is 10.0 Å². The van der Waals surface area contributed by atoms with Crippen molar-refractivity contribution in [3.63, 3.8) is 0 Å². The third-order valence-electron chi connectivity index (χ3n) is 2.15. The highest BCUT2D eigenvalue weighted by Crippen LogP contribution is 2.29. The van der Waals surface area contributed by atoms with Gasteiger partial charge in [0.25, 0.3) is 0 Å². The zero-order valence-electron chi connectivity index (χ0n) is 10.2. The number of carbonyl (C=O) groups excluding carboxylic acids is 1. The van der Waals surface area contributed by atoms with Crippen LogP contribution in [0.25, 0.3) is 0 Å². The van der Waals surface area contributed by atoms with Crippen molar-refractivity contribution in [3.05, 3.63) is 28.0 Å². The first kappa shape index (κ1) is 17.6. The average molecular weight is 359 g/mol. The number of hydrogen-bond donors (Lipinski definition) is 3. The summed E-state index contributed by atoms with van der Waals surface area (Å²) >= 11 is 11.0. The second kappa shape index (κ2) is 7.03. The van der Waals surface area contributed by atoms with Crippen molar-refractivity contribution in [1.82, 2.24) is 10.0 Å². The predicted octanol–water partition coefficient (Wildman–Crippen LogP) is 0.612. The summed E-state index contributed by atoms with van der Waals surface area (Å²) in [5, 5.41) is 9.23. The van der Waals surface area contributed by atoms with Crippen molar-refractivity contribution in [2.24, 2.45) is 0 Å². The van der Waals surface area contributed by atoms with Crippen LogP contribution < -0.4 is 10.0 Å². The molecule has 116 valence electrons. The van der Waals surface area contributed by atoms with Crippen LogP contribution in [0.2, 0.25) is 10.0 Å². The second-order valence-corrected chi connectivity index (χ2v) is 6.19. The van der Waals surface area contributed by atoms with Crippen molar-refractivity contribution >= 4 is 45.1 Å². The second-order valence-electron chi connectivity index (χ2n) is 3.67. The monoisotopic (exact) mass is 358 g/mol. The van der Waals surface area contributed by atoms with Gasteiger partial charge in [0.05, 0.1) is 16.6 Å². The highest BCUT2D eigenvalue weighted by atomic mass is 35.5. The molecule has 0 aliphatic carbocycles. The molecule has 0 saturated heterocycles. The minimum absolute atomic E-state index is 0.349. The Labute approximate surface area is 129 Å². The van der Waals surface area contributed by atoms with E-state index >= 15 is 0 Å². The van der Waals surface area contributed by atoms with Gasteiger partial charge in [0.15, 0.2) is 5.82 Å². The Hall–Kier alpha value is -1.42. The highest BCUT2D eigenvalue weighted by molar-refractivity contribution is 7.89. The average Bonchev–Trinajstić information content (AvgIpc) is 2.40. The lowest BCUT2D eigenvalue weighted by atomic mass is 10.3. The topological polar surface area (TPSA) is 113 Å². The smallest absolute Gasteiger partial charge is 0.322 e. The van der Waals surface area contributed by atoms with E-state index < -0.39 is 50.7 Å². The normalized spacial score (nSPS) is 11.2. The molecule has 1 rings (SSSR count). The number of nitrogens with one attached hydrogen (secondary N) is 2. The molecule has 0 radical (unpaired) electrons. The molecule has 0 aliphatic heterocycles. The maximum absolute atomic E-state index is 13.4. The lowest BCUT2D eigenvalue weighted by Crippen LogP contribution is -2.39. The van der Waals surface area contributed by atoms with E-state index in [1.54, 1.807) is 0 Å². The molecule has 0 aliphatic rings. The van der Waals surface area contributed by atoms with Crippen LogP contribution in [0.5, 0.6) is 0 Å². The van der Waals surface area contributed by atoms with E-state index in [9.17, 15) is 22.4 Å². The summed E-state index contributed by atoms with van der Waals surface area (Å²) in [5.41, 5.74) is 0. The van der Waals surface area contributed by atoms with Gasteiger partial charge in [-0.1, -0.05) is 23.2 Å². The Balaban J connectivity index is 2.81. The van der Waals surface area contributed by atoms with Crippen LogP contribution in [-0.2, 0) is 19.6 Å². The van der Waals surface area contributed by atoms with Gasteiger partial charge in [0, 0.05) is 0 Å². The number of halogens is 3.